The third-order valence-electron chi connectivity index (χ3n) is 5.65. The van der Waals surface area contributed by atoms with Gasteiger partial charge in [-0.1, -0.05) is 29.5 Å². The number of para-hydroxylation sites is 1. The molecule has 9 nitrogen and oxygen atoms in total. The number of nitrogens with zero attached hydrogens (tertiary/aromatic N) is 6. The van der Waals surface area contributed by atoms with Crippen LogP contribution in [0.3, 0.4) is 0 Å². The lowest BCUT2D eigenvalue weighted by atomic mass is 10.2. The van der Waals surface area contributed by atoms with Gasteiger partial charge in [-0.3, -0.25) is 10.2 Å². The van der Waals surface area contributed by atoms with Gasteiger partial charge in [0.05, 0.1) is 11.5 Å². The highest BCUT2D eigenvalue weighted by Gasteiger charge is 2.20. The maximum Gasteiger partial charge on any atom is 0.234 e. The molecule has 0 atom stereocenters. The van der Waals surface area contributed by atoms with Crippen LogP contribution in [-0.2, 0) is 0 Å². The molecule has 2 N–H and O–H groups in total. The minimum Gasteiger partial charge on any atom is -0.457 e. The van der Waals surface area contributed by atoms with Gasteiger partial charge in [-0.2, -0.15) is 15.0 Å². The van der Waals surface area contributed by atoms with Crippen molar-refractivity contribution >= 4 is 28.4 Å². The Hall–Kier alpha value is -3.60. The summed E-state index contributed by atoms with van der Waals surface area (Å²) in [7, 11) is 0. The van der Waals surface area contributed by atoms with E-state index >= 15 is 0 Å². The number of hydrogen-bond donors (Lipinski definition) is 2. The Balaban J connectivity index is 1.24. The van der Waals surface area contributed by atoms with Crippen molar-refractivity contribution in [3.63, 3.8) is 0 Å². The summed E-state index contributed by atoms with van der Waals surface area (Å²) in [5.41, 5.74) is 1.06. The van der Waals surface area contributed by atoms with E-state index in [1.54, 1.807) is 0 Å². The van der Waals surface area contributed by atoms with Crippen molar-refractivity contribution in [3.05, 3.63) is 66.6 Å². The fraction of sp³-hybridized carbons (Fsp3) is 0.280. The first-order valence-electron chi connectivity index (χ1n) is 11.5. The van der Waals surface area contributed by atoms with Crippen LogP contribution in [0.5, 0.6) is 11.5 Å². The largest absolute Gasteiger partial charge is 0.457 e. The zero-order valence-corrected chi connectivity index (χ0v) is 20.3. The van der Waals surface area contributed by atoms with Gasteiger partial charge in [0.25, 0.3) is 0 Å². The van der Waals surface area contributed by atoms with Crippen molar-refractivity contribution in [2.75, 3.05) is 49.5 Å². The van der Waals surface area contributed by atoms with Crippen molar-refractivity contribution < 1.29 is 9.84 Å². The SMILES string of the molecule is Cc1nc(Nc2ncc(-c3ccc(Oc4ccccc4)cc3)s2)nc(N2CCN(CCO)CC2)n1. The van der Waals surface area contributed by atoms with Crippen LogP contribution in [0.25, 0.3) is 10.4 Å². The predicted molar refractivity (Wildman–Crippen MR) is 138 cm³/mol. The standard InChI is InChI=1S/C25H27N7O2S/c1-18-27-23(29-24(28-18)32-13-11-31(12-14-32)15-16-33)30-25-26-17-22(35-25)19-7-9-21(10-8-19)34-20-5-3-2-4-6-20/h2-10,17,33H,11-16H2,1H3,(H,26,27,28,29,30). The van der Waals surface area contributed by atoms with Gasteiger partial charge in [0, 0.05) is 38.9 Å². The van der Waals surface area contributed by atoms with Crippen LogP contribution in [0.2, 0.25) is 0 Å². The Labute approximate surface area is 208 Å². The molecular weight excluding hydrogens is 462 g/mol. The molecule has 5 rings (SSSR count). The molecule has 0 radical (unpaired) electrons. The second kappa shape index (κ2) is 10.8. The molecular formula is C25H27N7O2S. The highest BCUT2D eigenvalue weighted by atomic mass is 32.1. The second-order valence-electron chi connectivity index (χ2n) is 8.15. The second-order valence-corrected chi connectivity index (χ2v) is 9.18. The average Bonchev–Trinajstić information content (AvgIpc) is 3.34. The Morgan fingerprint density at radius 2 is 1.69 bits per heavy atom. The highest BCUT2D eigenvalue weighted by molar-refractivity contribution is 7.18. The molecule has 0 bridgehead atoms. The number of thiazole rings is 1. The summed E-state index contributed by atoms with van der Waals surface area (Å²) in [5.74, 6) is 3.39. The molecule has 1 fully saturated rings. The van der Waals surface area contributed by atoms with E-state index in [-0.39, 0.29) is 6.61 Å². The fourth-order valence-corrected chi connectivity index (χ4v) is 4.67. The number of piperazine rings is 1. The smallest absolute Gasteiger partial charge is 0.234 e. The third-order valence-corrected chi connectivity index (χ3v) is 6.61. The lowest BCUT2D eigenvalue weighted by Crippen LogP contribution is -2.47. The van der Waals surface area contributed by atoms with Gasteiger partial charge in [0.1, 0.15) is 17.3 Å². The number of β-amino-alcohol motifs (C(OH)–C–C–N with tert-alkyl or cyclic N) is 1. The Bertz CT molecular complexity index is 1240. The molecule has 3 heterocycles. The van der Waals surface area contributed by atoms with Crippen LogP contribution in [0, 0.1) is 6.92 Å². The van der Waals surface area contributed by atoms with Crippen LogP contribution in [0.15, 0.2) is 60.8 Å². The molecule has 0 aliphatic carbocycles. The number of aromatic nitrogens is 4. The summed E-state index contributed by atoms with van der Waals surface area (Å²) >= 11 is 1.54. The van der Waals surface area contributed by atoms with Crippen LogP contribution < -0.4 is 15.0 Å². The predicted octanol–water partition coefficient (Wildman–Crippen LogP) is 3.95. The van der Waals surface area contributed by atoms with Crippen LogP contribution >= 0.6 is 11.3 Å². The zero-order chi connectivity index (χ0) is 24.0. The molecule has 2 aromatic carbocycles. The van der Waals surface area contributed by atoms with Gasteiger partial charge in [-0.15, -0.1) is 0 Å². The number of nitrogens with one attached hydrogen (secondary N) is 1. The lowest BCUT2D eigenvalue weighted by molar-refractivity contribution is 0.188. The number of aryl methyl sites for hydroxylation is 1. The van der Waals surface area contributed by atoms with Gasteiger partial charge >= 0.3 is 0 Å². The first-order valence-corrected chi connectivity index (χ1v) is 12.3. The summed E-state index contributed by atoms with van der Waals surface area (Å²) in [6, 6.07) is 17.7. The minimum absolute atomic E-state index is 0.181. The number of benzene rings is 2. The van der Waals surface area contributed by atoms with E-state index < -0.39 is 0 Å². The zero-order valence-electron chi connectivity index (χ0n) is 19.5. The number of hydrogen-bond acceptors (Lipinski definition) is 10. The van der Waals surface area contributed by atoms with Crippen molar-refractivity contribution in [2.24, 2.45) is 0 Å². The molecule has 0 saturated carbocycles. The number of ether oxygens (including phenoxy) is 1. The van der Waals surface area contributed by atoms with Gasteiger partial charge in [0.2, 0.25) is 11.9 Å². The quantitative estimate of drug-likeness (QED) is 0.381. The van der Waals surface area contributed by atoms with E-state index in [4.69, 9.17) is 9.84 Å². The molecule has 1 aliphatic heterocycles. The van der Waals surface area contributed by atoms with Gasteiger partial charge in [-0.05, 0) is 48.9 Å². The van der Waals surface area contributed by atoms with E-state index in [2.05, 4.69) is 35.1 Å². The monoisotopic (exact) mass is 489 g/mol. The molecule has 0 amide bonds. The Kier molecular flexibility index (Phi) is 7.12. The topological polar surface area (TPSA) is 99.5 Å². The van der Waals surface area contributed by atoms with E-state index in [0.29, 0.717) is 29.4 Å². The molecule has 0 unspecified atom stereocenters. The van der Waals surface area contributed by atoms with E-state index in [1.807, 2.05) is 67.7 Å². The van der Waals surface area contributed by atoms with Crippen LogP contribution in [-0.4, -0.2) is 69.3 Å². The molecule has 0 spiro atoms. The molecule has 1 aliphatic rings. The van der Waals surface area contributed by atoms with Crippen molar-refractivity contribution in [1.29, 1.82) is 0 Å². The number of aliphatic hydroxyl groups excluding tert-OH is 1. The van der Waals surface area contributed by atoms with Crippen molar-refractivity contribution in [3.8, 4) is 21.9 Å². The maximum absolute atomic E-state index is 9.15. The molecule has 180 valence electrons. The van der Waals surface area contributed by atoms with Gasteiger partial charge in [0.15, 0.2) is 5.13 Å². The summed E-state index contributed by atoms with van der Waals surface area (Å²) < 4.78 is 5.88. The van der Waals surface area contributed by atoms with Crippen LogP contribution in [0.4, 0.5) is 17.0 Å². The molecule has 35 heavy (non-hydrogen) atoms. The normalized spacial score (nSPS) is 14.2. The summed E-state index contributed by atoms with van der Waals surface area (Å²) in [5, 5.41) is 13.1. The maximum atomic E-state index is 9.15. The average molecular weight is 490 g/mol. The Morgan fingerprint density at radius 3 is 2.43 bits per heavy atom. The van der Waals surface area contributed by atoms with E-state index in [9.17, 15) is 0 Å². The minimum atomic E-state index is 0.181. The first kappa shape index (κ1) is 23.2. The molecule has 4 aromatic rings. The lowest BCUT2D eigenvalue weighted by Gasteiger charge is -2.34. The fourth-order valence-electron chi connectivity index (χ4n) is 3.85. The van der Waals surface area contributed by atoms with Crippen molar-refractivity contribution in [2.45, 2.75) is 6.92 Å². The molecule has 2 aromatic heterocycles. The summed E-state index contributed by atoms with van der Waals surface area (Å²) in [6.45, 7) is 6.12. The number of aliphatic hydroxyl groups is 1. The van der Waals surface area contributed by atoms with E-state index in [0.717, 1.165) is 48.1 Å². The molecule has 10 heteroatoms. The van der Waals surface area contributed by atoms with Gasteiger partial charge in [-0.25, -0.2) is 4.98 Å². The molecule has 1 saturated heterocycles. The summed E-state index contributed by atoms with van der Waals surface area (Å²) in [6.07, 6.45) is 1.84. The first-order chi connectivity index (χ1) is 17.2. The van der Waals surface area contributed by atoms with Gasteiger partial charge < -0.3 is 14.7 Å². The highest BCUT2D eigenvalue weighted by Crippen LogP contribution is 2.32. The number of anilines is 3. The van der Waals surface area contributed by atoms with Crippen LogP contribution in [0.1, 0.15) is 5.82 Å². The van der Waals surface area contributed by atoms with E-state index in [1.165, 1.54) is 11.3 Å². The summed E-state index contributed by atoms with van der Waals surface area (Å²) in [4.78, 5) is 23.5. The Morgan fingerprint density at radius 1 is 0.943 bits per heavy atom. The van der Waals surface area contributed by atoms with Crippen molar-refractivity contribution in [1.82, 2.24) is 24.8 Å². The number of rotatable bonds is 8. The third kappa shape index (κ3) is 5.91.